The third-order valence-electron chi connectivity index (χ3n) is 3.70. The fourth-order valence-corrected chi connectivity index (χ4v) is 2.10. The molecular formula is C18H16F2O. The summed E-state index contributed by atoms with van der Waals surface area (Å²) in [5, 5.41) is 0. The molecule has 0 fully saturated rings. The SMILES string of the molecule is C=C(C(=O)c1ccc(F)cc1)C(C)(C)c1ccc(F)cc1. The van der Waals surface area contributed by atoms with Crippen molar-refractivity contribution in [1.82, 2.24) is 0 Å². The lowest BCUT2D eigenvalue weighted by Crippen LogP contribution is -2.25. The van der Waals surface area contributed by atoms with Crippen LogP contribution in [0.2, 0.25) is 0 Å². The number of allylic oxidation sites excluding steroid dienone is 1. The van der Waals surface area contributed by atoms with Gasteiger partial charge in [0, 0.05) is 16.6 Å². The van der Waals surface area contributed by atoms with Crippen molar-refractivity contribution >= 4 is 5.78 Å². The van der Waals surface area contributed by atoms with Crippen LogP contribution in [0.4, 0.5) is 8.78 Å². The van der Waals surface area contributed by atoms with Crippen LogP contribution in [0.1, 0.15) is 29.8 Å². The molecule has 0 N–H and O–H groups in total. The number of hydrogen-bond donors (Lipinski definition) is 0. The Morgan fingerprint density at radius 1 is 0.905 bits per heavy atom. The van der Waals surface area contributed by atoms with Crippen LogP contribution in [0.5, 0.6) is 0 Å². The number of hydrogen-bond acceptors (Lipinski definition) is 1. The van der Waals surface area contributed by atoms with Gasteiger partial charge in [0.05, 0.1) is 0 Å². The fourth-order valence-electron chi connectivity index (χ4n) is 2.10. The van der Waals surface area contributed by atoms with Crippen molar-refractivity contribution in [3.05, 3.63) is 83.4 Å². The number of rotatable bonds is 4. The number of carbonyl (C=O) groups excluding carboxylic acids is 1. The highest BCUT2D eigenvalue weighted by molar-refractivity contribution is 6.09. The molecule has 3 heteroatoms. The lowest BCUT2D eigenvalue weighted by Gasteiger charge is -2.27. The third kappa shape index (κ3) is 3.07. The highest BCUT2D eigenvalue weighted by Crippen LogP contribution is 2.32. The van der Waals surface area contributed by atoms with Crippen LogP contribution in [-0.2, 0) is 5.41 Å². The maximum absolute atomic E-state index is 13.0. The van der Waals surface area contributed by atoms with Crippen molar-refractivity contribution in [3.8, 4) is 0 Å². The molecule has 108 valence electrons. The third-order valence-corrected chi connectivity index (χ3v) is 3.70. The largest absolute Gasteiger partial charge is 0.289 e. The van der Waals surface area contributed by atoms with E-state index in [1.807, 2.05) is 13.8 Å². The van der Waals surface area contributed by atoms with Gasteiger partial charge in [0.1, 0.15) is 11.6 Å². The minimum atomic E-state index is -0.640. The molecular weight excluding hydrogens is 270 g/mol. The summed E-state index contributed by atoms with van der Waals surface area (Å²) >= 11 is 0. The Labute approximate surface area is 122 Å². The van der Waals surface area contributed by atoms with Gasteiger partial charge in [-0.2, -0.15) is 0 Å². The molecule has 0 aliphatic carbocycles. The first-order chi connectivity index (χ1) is 9.82. The van der Waals surface area contributed by atoms with Crippen LogP contribution in [0.3, 0.4) is 0 Å². The zero-order valence-corrected chi connectivity index (χ0v) is 12.0. The van der Waals surface area contributed by atoms with E-state index in [1.54, 1.807) is 12.1 Å². The van der Waals surface area contributed by atoms with Gasteiger partial charge in [-0.05, 0) is 42.0 Å². The van der Waals surface area contributed by atoms with Gasteiger partial charge in [-0.25, -0.2) is 8.78 Å². The lowest BCUT2D eigenvalue weighted by atomic mass is 9.75. The van der Waals surface area contributed by atoms with Gasteiger partial charge in [-0.1, -0.05) is 32.6 Å². The van der Waals surface area contributed by atoms with Gasteiger partial charge >= 0.3 is 0 Å². The van der Waals surface area contributed by atoms with Gasteiger partial charge in [0.25, 0.3) is 0 Å². The number of carbonyl (C=O) groups is 1. The van der Waals surface area contributed by atoms with Crippen molar-refractivity contribution in [2.24, 2.45) is 0 Å². The normalized spacial score (nSPS) is 11.2. The van der Waals surface area contributed by atoms with E-state index in [1.165, 1.54) is 36.4 Å². The molecule has 2 rings (SSSR count). The Kier molecular flexibility index (Phi) is 4.03. The van der Waals surface area contributed by atoms with E-state index in [0.29, 0.717) is 11.1 Å². The van der Waals surface area contributed by atoms with Gasteiger partial charge in [-0.3, -0.25) is 4.79 Å². The summed E-state index contributed by atoms with van der Waals surface area (Å²) in [6.07, 6.45) is 0. The smallest absolute Gasteiger partial charge is 0.189 e. The van der Waals surface area contributed by atoms with Gasteiger partial charge in [0.2, 0.25) is 0 Å². The quantitative estimate of drug-likeness (QED) is 0.589. The summed E-state index contributed by atoms with van der Waals surface area (Å²) in [6, 6.07) is 11.3. The maximum Gasteiger partial charge on any atom is 0.189 e. The van der Waals surface area contributed by atoms with Crippen LogP contribution in [0.15, 0.2) is 60.7 Å². The van der Waals surface area contributed by atoms with Gasteiger partial charge in [0.15, 0.2) is 5.78 Å². The van der Waals surface area contributed by atoms with Gasteiger partial charge < -0.3 is 0 Å². The number of Topliss-reactive ketones (excluding diaryl/α,β-unsaturated/α-hetero) is 1. The Morgan fingerprint density at radius 2 is 1.33 bits per heavy atom. The number of benzene rings is 2. The molecule has 0 aliphatic heterocycles. The summed E-state index contributed by atoms with van der Waals surface area (Å²) in [7, 11) is 0. The Morgan fingerprint density at radius 3 is 1.81 bits per heavy atom. The fraction of sp³-hybridized carbons (Fsp3) is 0.167. The minimum Gasteiger partial charge on any atom is -0.289 e. The summed E-state index contributed by atoms with van der Waals surface area (Å²) in [5.74, 6) is -0.968. The highest BCUT2D eigenvalue weighted by Gasteiger charge is 2.29. The molecule has 0 atom stereocenters. The second kappa shape index (κ2) is 5.60. The number of halogens is 2. The van der Waals surface area contributed by atoms with Crippen molar-refractivity contribution in [2.75, 3.05) is 0 Å². The van der Waals surface area contributed by atoms with Crippen molar-refractivity contribution < 1.29 is 13.6 Å². The maximum atomic E-state index is 13.0. The van der Waals surface area contributed by atoms with E-state index in [4.69, 9.17) is 0 Å². The van der Waals surface area contributed by atoms with Crippen LogP contribution < -0.4 is 0 Å². The van der Waals surface area contributed by atoms with E-state index in [-0.39, 0.29) is 11.6 Å². The summed E-state index contributed by atoms with van der Waals surface area (Å²) in [5.41, 5.74) is 0.917. The summed E-state index contributed by atoms with van der Waals surface area (Å²) < 4.78 is 25.9. The van der Waals surface area contributed by atoms with E-state index < -0.39 is 11.2 Å². The molecule has 0 aliphatic rings. The topological polar surface area (TPSA) is 17.1 Å². The molecule has 0 saturated carbocycles. The lowest BCUT2D eigenvalue weighted by molar-refractivity contribution is 0.102. The van der Waals surface area contributed by atoms with Gasteiger partial charge in [-0.15, -0.1) is 0 Å². The molecule has 2 aromatic carbocycles. The molecule has 0 unspecified atom stereocenters. The van der Waals surface area contributed by atoms with Crippen LogP contribution >= 0.6 is 0 Å². The van der Waals surface area contributed by atoms with E-state index in [0.717, 1.165) is 5.56 Å². The standard InChI is InChI=1S/C18H16F2O/c1-12(17(21)13-4-8-15(19)9-5-13)18(2,3)14-6-10-16(20)11-7-14/h4-11H,1H2,2-3H3. The van der Waals surface area contributed by atoms with Crippen LogP contribution in [-0.4, -0.2) is 5.78 Å². The first-order valence-corrected chi connectivity index (χ1v) is 6.58. The van der Waals surface area contributed by atoms with E-state index >= 15 is 0 Å². The molecule has 0 aromatic heterocycles. The molecule has 0 radical (unpaired) electrons. The first kappa shape index (κ1) is 15.1. The van der Waals surface area contributed by atoms with E-state index in [2.05, 4.69) is 6.58 Å². The van der Waals surface area contributed by atoms with Crippen molar-refractivity contribution in [3.63, 3.8) is 0 Å². The predicted molar refractivity (Wildman–Crippen MR) is 79.3 cm³/mol. The minimum absolute atomic E-state index is 0.246. The molecule has 0 bridgehead atoms. The zero-order valence-electron chi connectivity index (χ0n) is 12.0. The number of ketones is 1. The van der Waals surface area contributed by atoms with Crippen molar-refractivity contribution in [1.29, 1.82) is 0 Å². The first-order valence-electron chi connectivity index (χ1n) is 6.58. The molecule has 0 spiro atoms. The molecule has 2 aromatic rings. The monoisotopic (exact) mass is 286 g/mol. The second-order valence-corrected chi connectivity index (χ2v) is 5.45. The van der Waals surface area contributed by atoms with Crippen molar-refractivity contribution in [2.45, 2.75) is 19.3 Å². The van der Waals surface area contributed by atoms with Crippen LogP contribution in [0, 0.1) is 11.6 Å². The average molecular weight is 286 g/mol. The Balaban J connectivity index is 2.31. The van der Waals surface area contributed by atoms with E-state index in [9.17, 15) is 13.6 Å². The summed E-state index contributed by atoms with van der Waals surface area (Å²) in [6.45, 7) is 7.59. The van der Waals surface area contributed by atoms with Crippen LogP contribution in [0.25, 0.3) is 0 Å². The second-order valence-electron chi connectivity index (χ2n) is 5.45. The average Bonchev–Trinajstić information content (AvgIpc) is 2.47. The molecule has 0 heterocycles. The molecule has 21 heavy (non-hydrogen) atoms. The molecule has 0 saturated heterocycles. The molecule has 1 nitrogen and oxygen atoms in total. The summed E-state index contributed by atoms with van der Waals surface area (Å²) in [4.78, 5) is 12.4. The highest BCUT2D eigenvalue weighted by atomic mass is 19.1. The zero-order chi connectivity index (χ0) is 15.6. The molecule has 0 amide bonds. The Hall–Kier alpha value is -2.29. The Bertz CT molecular complexity index is 667. The predicted octanol–water partition coefficient (Wildman–Crippen LogP) is 4.68.